The molecule has 2 fully saturated rings. The van der Waals surface area contributed by atoms with E-state index in [2.05, 4.69) is 24.0 Å². The average Bonchev–Trinajstić information content (AvgIpc) is 3.20. The highest BCUT2D eigenvalue weighted by atomic mass is 16.3. The smallest absolute Gasteiger partial charge is 0.255 e. The molecule has 2 saturated heterocycles. The third kappa shape index (κ3) is 3.05. The number of carbonyl (C=O) groups excluding carboxylic acids is 2. The number of likely N-dealkylation sites (tertiary alicyclic amines) is 2. The van der Waals surface area contributed by atoms with Gasteiger partial charge in [-0.1, -0.05) is 24.3 Å². The molecule has 6 nitrogen and oxygen atoms in total. The fraction of sp³-hybridized carbons (Fsp3) is 0.381. The van der Waals surface area contributed by atoms with E-state index in [1.165, 1.54) is 18.5 Å². The van der Waals surface area contributed by atoms with Crippen LogP contribution in [0.25, 0.3) is 0 Å². The van der Waals surface area contributed by atoms with E-state index in [1.54, 1.807) is 6.92 Å². The van der Waals surface area contributed by atoms with Gasteiger partial charge < -0.3 is 14.9 Å². The Morgan fingerprint density at radius 2 is 1.93 bits per heavy atom. The molecule has 0 spiro atoms. The lowest BCUT2D eigenvalue weighted by molar-refractivity contribution is -0.130. The van der Waals surface area contributed by atoms with E-state index in [4.69, 9.17) is 0 Å². The van der Waals surface area contributed by atoms with Gasteiger partial charge in [0.2, 0.25) is 5.91 Å². The first-order chi connectivity index (χ1) is 13.0. The van der Waals surface area contributed by atoms with Gasteiger partial charge in [-0.15, -0.1) is 0 Å². The SMILES string of the molecule is CC(=O)N1C[C@H]2CN(C(=O)c3cncc(O)c3)C[C@H]2[C@@H]1c1ccccc1C. The maximum Gasteiger partial charge on any atom is 0.255 e. The first-order valence-electron chi connectivity index (χ1n) is 9.21. The molecule has 6 heteroatoms. The summed E-state index contributed by atoms with van der Waals surface area (Å²) in [6.07, 6.45) is 2.80. The molecule has 0 bridgehead atoms. The van der Waals surface area contributed by atoms with Gasteiger partial charge in [-0.2, -0.15) is 0 Å². The molecule has 2 amide bonds. The van der Waals surface area contributed by atoms with Gasteiger partial charge in [0, 0.05) is 44.6 Å². The predicted molar refractivity (Wildman–Crippen MR) is 100 cm³/mol. The van der Waals surface area contributed by atoms with E-state index in [0.29, 0.717) is 25.2 Å². The molecule has 140 valence electrons. The number of hydrogen-bond acceptors (Lipinski definition) is 4. The average molecular weight is 365 g/mol. The maximum absolute atomic E-state index is 12.9. The summed E-state index contributed by atoms with van der Waals surface area (Å²) in [7, 11) is 0. The highest BCUT2D eigenvalue weighted by Gasteiger charge is 2.49. The normalized spacial score (nSPS) is 24.1. The lowest BCUT2D eigenvalue weighted by Gasteiger charge is -2.30. The van der Waals surface area contributed by atoms with Crippen molar-refractivity contribution in [2.24, 2.45) is 11.8 Å². The monoisotopic (exact) mass is 365 g/mol. The minimum absolute atomic E-state index is 0.00574. The van der Waals surface area contributed by atoms with Gasteiger partial charge in [-0.25, -0.2) is 0 Å². The van der Waals surface area contributed by atoms with E-state index in [1.807, 2.05) is 21.9 Å². The molecule has 2 aliphatic heterocycles. The minimum Gasteiger partial charge on any atom is -0.506 e. The van der Waals surface area contributed by atoms with Crippen molar-refractivity contribution in [3.05, 3.63) is 59.4 Å². The Morgan fingerprint density at radius 3 is 2.63 bits per heavy atom. The molecule has 0 saturated carbocycles. The van der Waals surface area contributed by atoms with Crippen molar-refractivity contribution in [1.29, 1.82) is 0 Å². The summed E-state index contributed by atoms with van der Waals surface area (Å²) in [5, 5.41) is 9.61. The van der Waals surface area contributed by atoms with Crippen molar-refractivity contribution in [1.82, 2.24) is 14.8 Å². The first kappa shape index (κ1) is 17.5. The van der Waals surface area contributed by atoms with Crippen LogP contribution < -0.4 is 0 Å². The highest BCUT2D eigenvalue weighted by Crippen LogP contribution is 2.46. The number of carbonyl (C=O) groups is 2. The Kier molecular flexibility index (Phi) is 4.34. The largest absolute Gasteiger partial charge is 0.506 e. The standard InChI is InChI=1S/C21H23N3O3/c1-13-5-3-4-6-18(13)20-19-12-23(10-16(19)11-24(20)14(2)25)21(27)15-7-17(26)9-22-8-15/h3-9,16,19-20,26H,10-12H2,1-2H3/t16-,19-,20+/m1/s1. The number of benzene rings is 1. The number of rotatable bonds is 2. The molecule has 1 aromatic heterocycles. The van der Waals surface area contributed by atoms with E-state index in [0.717, 1.165) is 11.1 Å². The van der Waals surface area contributed by atoms with Gasteiger partial charge in [0.1, 0.15) is 5.75 Å². The molecule has 2 aliphatic rings. The molecule has 0 aliphatic carbocycles. The number of aryl methyl sites for hydroxylation is 1. The fourth-order valence-corrected chi connectivity index (χ4v) is 4.58. The predicted octanol–water partition coefficient (Wildman–Crippen LogP) is 2.39. The summed E-state index contributed by atoms with van der Waals surface area (Å²) in [6, 6.07) is 9.60. The van der Waals surface area contributed by atoms with Crippen LogP contribution in [0.3, 0.4) is 0 Å². The highest BCUT2D eigenvalue weighted by molar-refractivity contribution is 5.94. The fourth-order valence-electron chi connectivity index (χ4n) is 4.58. The molecule has 27 heavy (non-hydrogen) atoms. The zero-order chi connectivity index (χ0) is 19.1. The number of aromatic nitrogens is 1. The van der Waals surface area contributed by atoms with Crippen molar-refractivity contribution in [2.45, 2.75) is 19.9 Å². The summed E-state index contributed by atoms with van der Waals surface area (Å²) in [5.41, 5.74) is 2.72. The summed E-state index contributed by atoms with van der Waals surface area (Å²) in [6.45, 7) is 5.57. The quantitative estimate of drug-likeness (QED) is 0.887. The number of amides is 2. The number of pyridine rings is 1. The third-order valence-electron chi connectivity index (χ3n) is 5.83. The molecule has 3 atom stereocenters. The summed E-state index contributed by atoms with van der Waals surface area (Å²) in [5.74, 6) is 0.413. The van der Waals surface area contributed by atoms with Gasteiger partial charge in [0.15, 0.2) is 0 Å². The zero-order valence-corrected chi connectivity index (χ0v) is 15.5. The molecule has 3 heterocycles. The van der Waals surface area contributed by atoms with Crippen LogP contribution in [0.5, 0.6) is 5.75 Å². The molecule has 2 aromatic rings. The summed E-state index contributed by atoms with van der Waals surface area (Å²) in [4.78, 5) is 32.8. The summed E-state index contributed by atoms with van der Waals surface area (Å²) >= 11 is 0. The number of aromatic hydroxyl groups is 1. The lowest BCUT2D eigenvalue weighted by atomic mass is 9.87. The number of hydrogen-bond donors (Lipinski definition) is 1. The van der Waals surface area contributed by atoms with Crippen LogP contribution in [-0.2, 0) is 4.79 Å². The van der Waals surface area contributed by atoms with Crippen molar-refractivity contribution >= 4 is 11.8 Å². The molecule has 0 unspecified atom stereocenters. The van der Waals surface area contributed by atoms with Gasteiger partial charge in [-0.3, -0.25) is 14.6 Å². The van der Waals surface area contributed by atoms with Crippen molar-refractivity contribution in [3.8, 4) is 5.75 Å². The van der Waals surface area contributed by atoms with Crippen LogP contribution in [0, 0.1) is 18.8 Å². The van der Waals surface area contributed by atoms with E-state index >= 15 is 0 Å². The van der Waals surface area contributed by atoms with Crippen LogP contribution in [0.2, 0.25) is 0 Å². The topological polar surface area (TPSA) is 73.7 Å². The van der Waals surface area contributed by atoms with Crippen LogP contribution in [-0.4, -0.2) is 51.3 Å². The maximum atomic E-state index is 12.9. The van der Waals surface area contributed by atoms with E-state index in [9.17, 15) is 14.7 Å². The van der Waals surface area contributed by atoms with Gasteiger partial charge in [0.25, 0.3) is 5.91 Å². The number of fused-ring (bicyclic) bond motifs is 1. The van der Waals surface area contributed by atoms with Gasteiger partial charge >= 0.3 is 0 Å². The van der Waals surface area contributed by atoms with Crippen LogP contribution in [0.4, 0.5) is 0 Å². The zero-order valence-electron chi connectivity index (χ0n) is 15.5. The Labute approximate surface area is 158 Å². The van der Waals surface area contributed by atoms with Gasteiger partial charge in [0.05, 0.1) is 17.8 Å². The molecule has 4 rings (SSSR count). The Hall–Kier alpha value is -2.89. The van der Waals surface area contributed by atoms with Crippen molar-refractivity contribution in [2.75, 3.05) is 19.6 Å². The van der Waals surface area contributed by atoms with E-state index < -0.39 is 0 Å². The van der Waals surface area contributed by atoms with Crippen molar-refractivity contribution in [3.63, 3.8) is 0 Å². The summed E-state index contributed by atoms with van der Waals surface area (Å²) < 4.78 is 0. The number of nitrogens with zero attached hydrogens (tertiary/aromatic N) is 3. The van der Waals surface area contributed by atoms with Gasteiger partial charge in [-0.05, 0) is 24.1 Å². The van der Waals surface area contributed by atoms with Crippen LogP contribution in [0.15, 0.2) is 42.7 Å². The van der Waals surface area contributed by atoms with Crippen LogP contribution in [0.1, 0.15) is 34.5 Å². The minimum atomic E-state index is -0.120. The Morgan fingerprint density at radius 1 is 1.15 bits per heavy atom. The molecule has 1 aromatic carbocycles. The Bertz CT molecular complexity index is 898. The van der Waals surface area contributed by atoms with Crippen molar-refractivity contribution < 1.29 is 14.7 Å². The lowest BCUT2D eigenvalue weighted by Crippen LogP contribution is -2.36. The third-order valence-corrected chi connectivity index (χ3v) is 5.83. The van der Waals surface area contributed by atoms with E-state index in [-0.39, 0.29) is 35.4 Å². The molecule has 1 N–H and O–H groups in total. The second-order valence-corrected chi connectivity index (χ2v) is 7.54. The first-order valence-corrected chi connectivity index (χ1v) is 9.21. The second kappa shape index (κ2) is 6.68. The second-order valence-electron chi connectivity index (χ2n) is 7.54. The molecule has 0 radical (unpaired) electrons. The molecular formula is C21H23N3O3. The molecular weight excluding hydrogens is 342 g/mol. The van der Waals surface area contributed by atoms with Crippen LogP contribution >= 0.6 is 0 Å². The Balaban J connectivity index is 1.62.